The first-order chi connectivity index (χ1) is 12.5. The Bertz CT molecular complexity index is 723. The first-order valence-corrected chi connectivity index (χ1v) is 8.82. The van der Waals surface area contributed by atoms with Gasteiger partial charge in [-0.25, -0.2) is 0 Å². The monoisotopic (exact) mass is 368 g/mol. The highest BCUT2D eigenvalue weighted by molar-refractivity contribution is 5.72. The van der Waals surface area contributed by atoms with Crippen molar-refractivity contribution in [2.24, 2.45) is 0 Å². The van der Waals surface area contributed by atoms with E-state index in [0.717, 1.165) is 32.4 Å². The average molecular weight is 368 g/mol. The zero-order valence-corrected chi connectivity index (χ0v) is 14.2. The van der Waals surface area contributed by atoms with E-state index < -0.39 is 43.0 Å². The van der Waals surface area contributed by atoms with E-state index in [0.29, 0.717) is 0 Å². The van der Waals surface area contributed by atoms with E-state index in [-0.39, 0.29) is 17.5 Å². The molecule has 3 aliphatic rings. The van der Waals surface area contributed by atoms with Crippen molar-refractivity contribution >= 4 is 17.5 Å². The lowest BCUT2D eigenvalue weighted by atomic mass is 10.1. The molecule has 5 atom stereocenters. The lowest BCUT2D eigenvalue weighted by Crippen LogP contribution is -2.58. The van der Waals surface area contributed by atoms with Gasteiger partial charge < -0.3 is 31.1 Å². The Labute approximate surface area is 149 Å². The fourth-order valence-electron chi connectivity index (χ4n) is 3.91. The molecule has 144 valence electrons. The minimum atomic E-state index is -1.27. The molecule has 0 aliphatic carbocycles. The van der Waals surface area contributed by atoms with Gasteiger partial charge in [0.05, 0.1) is 6.61 Å². The number of aliphatic hydroxyl groups excluding tert-OH is 3. The predicted molar refractivity (Wildman–Crippen MR) is 92.3 cm³/mol. The summed E-state index contributed by atoms with van der Waals surface area (Å²) in [6, 6.07) is 0. The van der Waals surface area contributed by atoms with E-state index in [4.69, 9.17) is 10.5 Å². The number of nitrogens with one attached hydrogen (secondary N) is 2. The van der Waals surface area contributed by atoms with Crippen LogP contribution < -0.4 is 21.5 Å². The molecule has 11 nitrogen and oxygen atoms in total. The second-order valence-corrected chi connectivity index (χ2v) is 6.90. The standard InChI is InChI=1S/C15H24N6O5/c16-14-18-11-8(12(25)19-14)17-15(20-4-2-1-3-5-20)21(11)13-10(24)9(23)7(6-22)26-13/h7,9-10,13,15,17,22-24H,1-6H2,(H3,16,18,19,25)/t7-,9+,10+,13-,15+/m1/s1. The van der Waals surface area contributed by atoms with Gasteiger partial charge in [-0.3, -0.25) is 19.6 Å². The maximum Gasteiger partial charge on any atom is 0.277 e. The van der Waals surface area contributed by atoms with E-state index >= 15 is 0 Å². The van der Waals surface area contributed by atoms with Crippen LogP contribution in [0.2, 0.25) is 0 Å². The van der Waals surface area contributed by atoms with Gasteiger partial charge in [-0.15, -0.1) is 0 Å². The van der Waals surface area contributed by atoms with Crippen molar-refractivity contribution in [1.29, 1.82) is 0 Å². The summed E-state index contributed by atoms with van der Waals surface area (Å²) >= 11 is 0. The van der Waals surface area contributed by atoms with E-state index in [1.165, 1.54) is 0 Å². The first-order valence-electron chi connectivity index (χ1n) is 8.82. The molecule has 0 aromatic carbocycles. The zero-order chi connectivity index (χ0) is 18.4. The van der Waals surface area contributed by atoms with Crippen molar-refractivity contribution in [3.63, 3.8) is 0 Å². The highest BCUT2D eigenvalue weighted by atomic mass is 16.6. The van der Waals surface area contributed by atoms with Gasteiger partial charge in [-0.05, 0) is 12.8 Å². The number of ether oxygens (including phenoxy) is 1. The van der Waals surface area contributed by atoms with Crippen LogP contribution in [0.4, 0.5) is 17.5 Å². The highest BCUT2D eigenvalue weighted by Crippen LogP contribution is 2.38. The maximum atomic E-state index is 12.3. The van der Waals surface area contributed by atoms with Crippen molar-refractivity contribution in [1.82, 2.24) is 14.9 Å². The molecule has 0 radical (unpaired) electrons. The van der Waals surface area contributed by atoms with Crippen LogP contribution in [-0.4, -0.2) is 80.7 Å². The summed E-state index contributed by atoms with van der Waals surface area (Å²) in [5.41, 5.74) is 5.53. The first kappa shape index (κ1) is 17.5. The summed E-state index contributed by atoms with van der Waals surface area (Å²) in [5.74, 6) is 0.211. The van der Waals surface area contributed by atoms with Crippen LogP contribution in [0.25, 0.3) is 0 Å². The number of piperidine rings is 1. The van der Waals surface area contributed by atoms with Gasteiger partial charge >= 0.3 is 0 Å². The van der Waals surface area contributed by atoms with Crippen molar-refractivity contribution in [3.05, 3.63) is 10.4 Å². The minimum absolute atomic E-state index is 0.0495. The molecule has 26 heavy (non-hydrogen) atoms. The number of hydrogen-bond donors (Lipinski definition) is 6. The van der Waals surface area contributed by atoms with Gasteiger partial charge in [0.1, 0.15) is 24.0 Å². The lowest BCUT2D eigenvalue weighted by molar-refractivity contribution is -0.0294. The number of aromatic nitrogens is 2. The quantitative estimate of drug-likeness (QED) is 0.345. The molecule has 2 saturated heterocycles. The van der Waals surface area contributed by atoms with Crippen LogP contribution in [-0.2, 0) is 4.74 Å². The second kappa shape index (κ2) is 6.67. The number of fused-ring (bicyclic) bond motifs is 1. The van der Waals surface area contributed by atoms with Crippen molar-refractivity contribution in [2.75, 3.05) is 35.6 Å². The number of nitrogens with zero attached hydrogens (tertiary/aromatic N) is 3. The van der Waals surface area contributed by atoms with E-state index in [1.807, 2.05) is 0 Å². The Balaban J connectivity index is 1.74. The Kier molecular flexibility index (Phi) is 4.49. The zero-order valence-electron chi connectivity index (χ0n) is 14.2. The number of nitrogen functional groups attached to an aromatic ring is 1. The molecule has 7 N–H and O–H groups in total. The van der Waals surface area contributed by atoms with Crippen LogP contribution in [0.1, 0.15) is 19.3 Å². The fourth-order valence-corrected chi connectivity index (χ4v) is 3.91. The second-order valence-electron chi connectivity index (χ2n) is 6.90. The number of aromatic amines is 1. The third-order valence-corrected chi connectivity index (χ3v) is 5.23. The summed E-state index contributed by atoms with van der Waals surface area (Å²) in [4.78, 5) is 22.8. The normalized spacial score (nSPS) is 34.7. The molecular formula is C15H24N6O5. The topological polar surface area (TPSA) is 160 Å². The Morgan fingerprint density at radius 2 is 1.96 bits per heavy atom. The van der Waals surface area contributed by atoms with Crippen LogP contribution in [0, 0.1) is 0 Å². The molecule has 0 amide bonds. The summed E-state index contributed by atoms with van der Waals surface area (Å²) in [7, 11) is 0. The minimum Gasteiger partial charge on any atom is -0.394 e. The van der Waals surface area contributed by atoms with Gasteiger partial charge in [-0.1, -0.05) is 6.42 Å². The SMILES string of the molecule is Nc1nc2c(c(=O)[nH]1)N[C@@H](N1CCCCC1)N2[C@@H]1O[C@H](CO)[C@H](O)[C@@H]1O. The molecule has 0 bridgehead atoms. The molecule has 4 heterocycles. The highest BCUT2D eigenvalue weighted by Gasteiger charge is 2.51. The molecule has 1 aromatic heterocycles. The van der Waals surface area contributed by atoms with Crippen molar-refractivity contribution in [2.45, 2.75) is 50.1 Å². The molecule has 3 aliphatic heterocycles. The van der Waals surface area contributed by atoms with Crippen LogP contribution >= 0.6 is 0 Å². The molecule has 11 heteroatoms. The lowest BCUT2D eigenvalue weighted by Gasteiger charge is -2.40. The average Bonchev–Trinajstić information content (AvgIpc) is 3.14. The summed E-state index contributed by atoms with van der Waals surface area (Å²) in [6.07, 6.45) is -1.70. The number of rotatable bonds is 3. The van der Waals surface area contributed by atoms with Gasteiger partial charge in [-0.2, -0.15) is 4.98 Å². The molecule has 1 aromatic rings. The number of anilines is 3. The third kappa shape index (κ3) is 2.72. The van der Waals surface area contributed by atoms with Gasteiger partial charge in [0.25, 0.3) is 5.56 Å². The number of aliphatic hydroxyl groups is 3. The van der Waals surface area contributed by atoms with Crippen LogP contribution in [0.15, 0.2) is 4.79 Å². The number of hydrogen-bond acceptors (Lipinski definition) is 10. The molecular weight excluding hydrogens is 344 g/mol. The number of likely N-dealkylation sites (tertiary alicyclic amines) is 1. The number of H-pyrrole nitrogens is 1. The summed E-state index contributed by atoms with van der Waals surface area (Å²) in [6.45, 7) is 1.19. The summed E-state index contributed by atoms with van der Waals surface area (Å²) in [5, 5.41) is 33.1. The Hall–Kier alpha value is -1.92. The number of nitrogens with two attached hydrogens (primary N) is 1. The smallest absolute Gasteiger partial charge is 0.277 e. The predicted octanol–water partition coefficient (Wildman–Crippen LogP) is -2.21. The molecule has 2 fully saturated rings. The largest absolute Gasteiger partial charge is 0.394 e. The van der Waals surface area contributed by atoms with E-state index in [2.05, 4.69) is 20.2 Å². The molecule has 0 unspecified atom stereocenters. The fraction of sp³-hybridized carbons (Fsp3) is 0.733. The maximum absolute atomic E-state index is 12.3. The third-order valence-electron chi connectivity index (χ3n) is 5.23. The van der Waals surface area contributed by atoms with E-state index in [9.17, 15) is 20.1 Å². The van der Waals surface area contributed by atoms with Crippen molar-refractivity contribution < 1.29 is 20.1 Å². The van der Waals surface area contributed by atoms with Crippen molar-refractivity contribution in [3.8, 4) is 0 Å². The Morgan fingerprint density at radius 3 is 2.62 bits per heavy atom. The molecule has 4 rings (SSSR count). The summed E-state index contributed by atoms with van der Waals surface area (Å²) < 4.78 is 5.69. The van der Waals surface area contributed by atoms with Gasteiger partial charge in [0.15, 0.2) is 18.3 Å². The van der Waals surface area contributed by atoms with Crippen LogP contribution in [0.3, 0.4) is 0 Å². The van der Waals surface area contributed by atoms with Crippen LogP contribution in [0.5, 0.6) is 0 Å². The molecule has 0 saturated carbocycles. The van der Waals surface area contributed by atoms with Gasteiger partial charge in [0, 0.05) is 13.1 Å². The molecule has 0 spiro atoms. The Morgan fingerprint density at radius 1 is 1.23 bits per heavy atom. The van der Waals surface area contributed by atoms with E-state index in [1.54, 1.807) is 4.90 Å². The van der Waals surface area contributed by atoms with Gasteiger partial charge in [0.2, 0.25) is 5.95 Å².